The van der Waals surface area contributed by atoms with Crippen LogP contribution in [0.1, 0.15) is 23.7 Å². The zero-order chi connectivity index (χ0) is 13.8. The van der Waals surface area contributed by atoms with Crippen LogP contribution in [0.25, 0.3) is 0 Å². The fourth-order valence-electron chi connectivity index (χ4n) is 1.40. The molecule has 4 N–H and O–H groups in total. The number of anilines is 2. The van der Waals surface area contributed by atoms with E-state index in [2.05, 4.69) is 30.7 Å². The Balaban J connectivity index is 2.18. The maximum Gasteiger partial charge on any atom is 0.322 e. The number of hydrogen-bond donors (Lipinski definition) is 3. The zero-order valence-electron chi connectivity index (χ0n) is 10.8. The molecule has 0 bridgehead atoms. The summed E-state index contributed by atoms with van der Waals surface area (Å²) < 4.78 is 4.98. The van der Waals surface area contributed by atoms with Crippen molar-refractivity contribution in [1.82, 2.24) is 19.9 Å². The van der Waals surface area contributed by atoms with E-state index in [4.69, 9.17) is 10.6 Å². The molecule has 0 aromatic carbocycles. The van der Waals surface area contributed by atoms with Crippen LogP contribution in [-0.4, -0.2) is 27.0 Å². The first-order valence-corrected chi connectivity index (χ1v) is 6.45. The third-order valence-corrected chi connectivity index (χ3v) is 3.42. The number of rotatable bonds is 5. The maximum atomic E-state index is 5.29. The van der Waals surface area contributed by atoms with Crippen LogP contribution in [0.2, 0.25) is 0 Å². The molecular weight excluding hydrogens is 266 g/mol. The largest absolute Gasteiger partial charge is 0.467 e. The van der Waals surface area contributed by atoms with Crippen molar-refractivity contribution in [3.8, 4) is 6.01 Å². The van der Waals surface area contributed by atoms with E-state index in [0.29, 0.717) is 5.95 Å². The molecule has 8 nitrogen and oxygen atoms in total. The third kappa shape index (κ3) is 3.26. The van der Waals surface area contributed by atoms with Crippen LogP contribution in [-0.2, 0) is 0 Å². The summed E-state index contributed by atoms with van der Waals surface area (Å²) in [5.41, 5.74) is 3.36. The number of thiazole rings is 1. The van der Waals surface area contributed by atoms with Gasteiger partial charge in [0.15, 0.2) is 0 Å². The molecule has 19 heavy (non-hydrogen) atoms. The van der Waals surface area contributed by atoms with Gasteiger partial charge in [-0.05, 0) is 13.8 Å². The number of nitrogen functional groups attached to an aromatic ring is 1. The summed E-state index contributed by atoms with van der Waals surface area (Å²) >= 11 is 1.58. The van der Waals surface area contributed by atoms with Crippen LogP contribution in [0.5, 0.6) is 6.01 Å². The van der Waals surface area contributed by atoms with Gasteiger partial charge < -0.3 is 10.1 Å². The summed E-state index contributed by atoms with van der Waals surface area (Å²) in [6.07, 6.45) is 0. The summed E-state index contributed by atoms with van der Waals surface area (Å²) in [6, 6.07) is 0.171. The second-order valence-corrected chi connectivity index (χ2v) is 4.70. The molecule has 0 saturated heterocycles. The molecule has 0 spiro atoms. The summed E-state index contributed by atoms with van der Waals surface area (Å²) in [6.45, 7) is 3.93. The molecule has 0 saturated carbocycles. The fourth-order valence-corrected chi connectivity index (χ4v) is 2.21. The van der Waals surface area contributed by atoms with Crippen molar-refractivity contribution in [3.63, 3.8) is 0 Å². The molecule has 0 aliphatic rings. The van der Waals surface area contributed by atoms with Gasteiger partial charge in [-0.15, -0.1) is 11.3 Å². The van der Waals surface area contributed by atoms with Crippen molar-refractivity contribution < 1.29 is 4.74 Å². The number of hydrazine groups is 1. The van der Waals surface area contributed by atoms with Crippen LogP contribution in [0.3, 0.4) is 0 Å². The van der Waals surface area contributed by atoms with Crippen molar-refractivity contribution in [3.05, 3.63) is 16.1 Å². The van der Waals surface area contributed by atoms with E-state index in [1.807, 2.05) is 19.2 Å². The Kier molecular flexibility index (Phi) is 4.07. The Morgan fingerprint density at radius 2 is 2.00 bits per heavy atom. The molecule has 9 heteroatoms. The van der Waals surface area contributed by atoms with Crippen molar-refractivity contribution in [1.29, 1.82) is 0 Å². The van der Waals surface area contributed by atoms with Crippen LogP contribution in [0, 0.1) is 6.92 Å². The van der Waals surface area contributed by atoms with E-state index in [1.165, 1.54) is 7.11 Å². The number of ether oxygens (including phenoxy) is 1. The highest BCUT2D eigenvalue weighted by molar-refractivity contribution is 7.09. The Morgan fingerprint density at radius 1 is 1.26 bits per heavy atom. The predicted molar refractivity (Wildman–Crippen MR) is 73.1 cm³/mol. The predicted octanol–water partition coefficient (Wildman–Crippen LogP) is 1.10. The molecule has 0 aliphatic heterocycles. The van der Waals surface area contributed by atoms with Crippen molar-refractivity contribution in [2.45, 2.75) is 19.9 Å². The van der Waals surface area contributed by atoms with Crippen LogP contribution >= 0.6 is 11.3 Å². The highest BCUT2D eigenvalue weighted by atomic mass is 32.1. The molecule has 2 rings (SSSR count). The fraction of sp³-hybridized carbons (Fsp3) is 0.400. The number of hydrogen-bond acceptors (Lipinski definition) is 9. The zero-order valence-corrected chi connectivity index (χ0v) is 11.7. The van der Waals surface area contributed by atoms with E-state index < -0.39 is 0 Å². The normalized spacial score (nSPS) is 12.0. The monoisotopic (exact) mass is 281 g/mol. The number of aromatic nitrogens is 4. The smallest absolute Gasteiger partial charge is 0.322 e. The van der Waals surface area contributed by atoms with E-state index >= 15 is 0 Å². The second-order valence-electron chi connectivity index (χ2n) is 3.81. The van der Waals surface area contributed by atoms with E-state index in [9.17, 15) is 0 Å². The summed E-state index contributed by atoms with van der Waals surface area (Å²) in [7, 11) is 1.48. The first kappa shape index (κ1) is 13.4. The number of nitrogens with two attached hydrogens (primary N) is 1. The maximum absolute atomic E-state index is 5.29. The molecule has 0 radical (unpaired) electrons. The SMILES string of the molecule is COc1nc(NN)nc(NC(C)c2nc(C)cs2)n1. The number of nitrogens with one attached hydrogen (secondary N) is 2. The lowest BCUT2D eigenvalue weighted by atomic mass is 10.3. The average Bonchev–Trinajstić information content (AvgIpc) is 2.85. The molecule has 0 fully saturated rings. The summed E-state index contributed by atoms with van der Waals surface area (Å²) in [5, 5.41) is 6.08. The van der Waals surface area contributed by atoms with Crippen molar-refractivity contribution >= 4 is 23.2 Å². The van der Waals surface area contributed by atoms with E-state index in [0.717, 1.165) is 10.7 Å². The van der Waals surface area contributed by atoms with Gasteiger partial charge in [0.25, 0.3) is 0 Å². The van der Waals surface area contributed by atoms with Gasteiger partial charge >= 0.3 is 6.01 Å². The van der Waals surface area contributed by atoms with Gasteiger partial charge in [-0.1, -0.05) is 0 Å². The Labute approximate surface area is 114 Å². The highest BCUT2D eigenvalue weighted by Crippen LogP contribution is 2.21. The standard InChI is InChI=1S/C10H15N7OS/c1-5-4-19-7(12-5)6(2)13-8-14-9(17-11)16-10(15-8)18-3/h4,6H,11H2,1-3H3,(H2,13,14,15,16,17). The first-order chi connectivity index (χ1) is 9.12. The Bertz CT molecular complexity index is 536. The van der Waals surface area contributed by atoms with Gasteiger partial charge in [0, 0.05) is 11.1 Å². The highest BCUT2D eigenvalue weighted by Gasteiger charge is 2.13. The lowest BCUT2D eigenvalue weighted by Gasteiger charge is -2.12. The molecule has 1 unspecified atom stereocenters. The molecule has 1 atom stereocenters. The molecule has 2 aromatic rings. The van der Waals surface area contributed by atoms with E-state index in [-0.39, 0.29) is 18.0 Å². The topological polar surface area (TPSA) is 111 Å². The lowest BCUT2D eigenvalue weighted by Crippen LogP contribution is -2.15. The Morgan fingerprint density at radius 3 is 2.58 bits per heavy atom. The molecule has 0 amide bonds. The van der Waals surface area contributed by atoms with Crippen LogP contribution in [0.4, 0.5) is 11.9 Å². The van der Waals surface area contributed by atoms with Crippen LogP contribution in [0.15, 0.2) is 5.38 Å². The van der Waals surface area contributed by atoms with Gasteiger partial charge in [-0.3, -0.25) is 5.43 Å². The van der Waals surface area contributed by atoms with Crippen molar-refractivity contribution in [2.75, 3.05) is 17.9 Å². The summed E-state index contributed by atoms with van der Waals surface area (Å²) in [5.74, 6) is 5.90. The first-order valence-electron chi connectivity index (χ1n) is 5.57. The second kappa shape index (κ2) is 5.76. The minimum atomic E-state index is -0.0172. The Hall–Kier alpha value is -2.00. The van der Waals surface area contributed by atoms with Gasteiger partial charge in [-0.2, -0.15) is 15.0 Å². The van der Waals surface area contributed by atoms with Crippen LogP contribution < -0.4 is 21.3 Å². The lowest BCUT2D eigenvalue weighted by molar-refractivity contribution is 0.379. The molecule has 0 aliphatic carbocycles. The number of aryl methyl sites for hydroxylation is 1. The van der Waals surface area contributed by atoms with E-state index in [1.54, 1.807) is 11.3 Å². The number of methoxy groups -OCH3 is 1. The third-order valence-electron chi connectivity index (χ3n) is 2.28. The quantitative estimate of drug-likeness (QED) is 0.552. The van der Waals surface area contributed by atoms with Crippen molar-refractivity contribution in [2.24, 2.45) is 5.84 Å². The molecular formula is C10H15N7OS. The minimum Gasteiger partial charge on any atom is -0.467 e. The molecule has 102 valence electrons. The summed E-state index contributed by atoms with van der Waals surface area (Å²) in [4.78, 5) is 16.5. The van der Waals surface area contributed by atoms with Gasteiger partial charge in [0.2, 0.25) is 11.9 Å². The molecule has 2 heterocycles. The average molecular weight is 281 g/mol. The van der Waals surface area contributed by atoms with Gasteiger partial charge in [0.05, 0.1) is 13.2 Å². The van der Waals surface area contributed by atoms with Gasteiger partial charge in [-0.25, -0.2) is 10.8 Å². The molecule has 2 aromatic heterocycles. The van der Waals surface area contributed by atoms with Gasteiger partial charge in [0.1, 0.15) is 5.01 Å². The number of nitrogens with zero attached hydrogens (tertiary/aromatic N) is 4. The minimum absolute atomic E-state index is 0.0172.